The van der Waals surface area contributed by atoms with Crippen LogP contribution in [-0.4, -0.2) is 23.3 Å². The number of furan rings is 1. The monoisotopic (exact) mass is 284 g/mol. The molecule has 0 radical (unpaired) electrons. The third-order valence-electron chi connectivity index (χ3n) is 2.18. The normalized spacial score (nSPS) is 10.6. The van der Waals surface area contributed by atoms with E-state index in [0.717, 1.165) is 20.7 Å². The number of nitrogens with zero attached hydrogens (tertiary/aromatic N) is 2. The smallest absolute Gasteiger partial charge is 0.374 e. The van der Waals surface area contributed by atoms with Gasteiger partial charge in [-0.2, -0.15) is 0 Å². The van der Waals surface area contributed by atoms with Crippen molar-refractivity contribution in [2.45, 2.75) is 23.9 Å². The third kappa shape index (κ3) is 2.91. The fourth-order valence-corrected chi connectivity index (χ4v) is 3.08. The van der Waals surface area contributed by atoms with Gasteiger partial charge in [-0.05, 0) is 19.9 Å². The topological polar surface area (TPSA) is 65.2 Å². The number of aromatic nitrogens is 2. The van der Waals surface area contributed by atoms with E-state index in [-0.39, 0.29) is 5.76 Å². The first-order valence-electron chi connectivity index (χ1n) is 5.20. The van der Waals surface area contributed by atoms with E-state index in [2.05, 4.69) is 14.9 Å². The second kappa shape index (κ2) is 5.53. The Hall–Kier alpha value is -1.34. The summed E-state index contributed by atoms with van der Waals surface area (Å²) in [6.07, 6.45) is 0. The largest absolute Gasteiger partial charge is 0.463 e. The second-order valence-electron chi connectivity index (χ2n) is 3.59. The van der Waals surface area contributed by atoms with Crippen LogP contribution in [0, 0.1) is 13.8 Å². The van der Waals surface area contributed by atoms with Gasteiger partial charge in [-0.3, -0.25) is 0 Å². The highest BCUT2D eigenvalue weighted by Crippen LogP contribution is 2.27. The van der Waals surface area contributed by atoms with Gasteiger partial charge in [-0.1, -0.05) is 23.1 Å². The number of methoxy groups -OCH3 is 1. The Kier molecular flexibility index (Phi) is 4.03. The fourth-order valence-electron chi connectivity index (χ4n) is 1.38. The fraction of sp³-hybridized carbons (Fsp3) is 0.364. The zero-order chi connectivity index (χ0) is 13.1. The molecule has 0 atom stereocenters. The first kappa shape index (κ1) is 13.1. The summed E-state index contributed by atoms with van der Waals surface area (Å²) < 4.78 is 11.0. The van der Waals surface area contributed by atoms with Crippen LogP contribution in [0.25, 0.3) is 0 Å². The summed E-state index contributed by atoms with van der Waals surface area (Å²) in [5.74, 6) is 1.16. The maximum absolute atomic E-state index is 11.4. The molecule has 0 spiro atoms. The van der Waals surface area contributed by atoms with Crippen LogP contribution in [0.2, 0.25) is 0 Å². The van der Waals surface area contributed by atoms with E-state index < -0.39 is 5.97 Å². The van der Waals surface area contributed by atoms with Gasteiger partial charge < -0.3 is 9.15 Å². The van der Waals surface area contributed by atoms with Gasteiger partial charge in [0.2, 0.25) is 5.76 Å². The Balaban J connectivity index is 2.04. The van der Waals surface area contributed by atoms with Crippen molar-refractivity contribution in [2.24, 2.45) is 0 Å². The van der Waals surface area contributed by atoms with Gasteiger partial charge in [0.1, 0.15) is 10.8 Å². The Labute approximate surface area is 113 Å². The SMILES string of the molecule is COC(=O)c1oc(CSc2nnc(C)s2)cc1C. The minimum atomic E-state index is -0.449. The Morgan fingerprint density at radius 2 is 2.28 bits per heavy atom. The highest BCUT2D eigenvalue weighted by atomic mass is 32.2. The molecule has 5 nitrogen and oxygen atoms in total. The van der Waals surface area contributed by atoms with Gasteiger partial charge in [-0.25, -0.2) is 4.79 Å². The van der Waals surface area contributed by atoms with E-state index in [9.17, 15) is 4.79 Å². The molecule has 2 aromatic rings. The molecule has 0 bridgehead atoms. The lowest BCUT2D eigenvalue weighted by Crippen LogP contribution is -2.00. The molecule has 0 aromatic carbocycles. The molecular weight excluding hydrogens is 272 g/mol. The van der Waals surface area contributed by atoms with E-state index in [1.807, 2.05) is 19.9 Å². The number of aryl methyl sites for hydroxylation is 2. The maximum Gasteiger partial charge on any atom is 0.374 e. The van der Waals surface area contributed by atoms with Crippen molar-refractivity contribution in [1.82, 2.24) is 10.2 Å². The first-order chi connectivity index (χ1) is 8.60. The summed E-state index contributed by atoms with van der Waals surface area (Å²) in [6, 6.07) is 1.84. The van der Waals surface area contributed by atoms with Crippen molar-refractivity contribution in [2.75, 3.05) is 7.11 Å². The van der Waals surface area contributed by atoms with Gasteiger partial charge in [0.25, 0.3) is 0 Å². The van der Waals surface area contributed by atoms with Crippen LogP contribution in [0.1, 0.15) is 26.9 Å². The molecule has 0 aliphatic rings. The van der Waals surface area contributed by atoms with Gasteiger partial charge in [-0.15, -0.1) is 10.2 Å². The zero-order valence-corrected chi connectivity index (χ0v) is 11.9. The lowest BCUT2D eigenvalue weighted by atomic mass is 10.3. The van der Waals surface area contributed by atoms with Crippen molar-refractivity contribution in [1.29, 1.82) is 0 Å². The van der Waals surface area contributed by atoms with E-state index in [1.54, 1.807) is 0 Å². The van der Waals surface area contributed by atoms with Crippen LogP contribution in [-0.2, 0) is 10.5 Å². The van der Waals surface area contributed by atoms with E-state index >= 15 is 0 Å². The molecule has 0 unspecified atom stereocenters. The van der Waals surface area contributed by atoms with Crippen molar-refractivity contribution in [3.8, 4) is 0 Å². The lowest BCUT2D eigenvalue weighted by Gasteiger charge is -1.95. The minimum absolute atomic E-state index is 0.265. The number of hydrogen-bond acceptors (Lipinski definition) is 7. The second-order valence-corrected chi connectivity index (χ2v) is 6.00. The number of thioether (sulfide) groups is 1. The first-order valence-corrected chi connectivity index (χ1v) is 7.01. The van der Waals surface area contributed by atoms with Crippen molar-refractivity contribution < 1.29 is 13.9 Å². The zero-order valence-electron chi connectivity index (χ0n) is 10.2. The number of carbonyl (C=O) groups excluding carboxylic acids is 1. The van der Waals surface area contributed by atoms with Crippen molar-refractivity contribution in [3.05, 3.63) is 28.2 Å². The lowest BCUT2D eigenvalue weighted by molar-refractivity contribution is 0.0562. The van der Waals surface area contributed by atoms with Crippen molar-refractivity contribution >= 4 is 29.1 Å². The predicted molar refractivity (Wildman–Crippen MR) is 69.0 cm³/mol. The van der Waals surface area contributed by atoms with Crippen molar-refractivity contribution in [3.63, 3.8) is 0 Å². The molecule has 2 rings (SSSR count). The van der Waals surface area contributed by atoms with Crippen LogP contribution < -0.4 is 0 Å². The molecule has 0 fully saturated rings. The summed E-state index contributed by atoms with van der Waals surface area (Å²) in [6.45, 7) is 3.73. The maximum atomic E-state index is 11.4. The summed E-state index contributed by atoms with van der Waals surface area (Å²) in [5, 5.41) is 8.88. The van der Waals surface area contributed by atoms with E-state index in [1.165, 1.54) is 30.2 Å². The van der Waals surface area contributed by atoms with Gasteiger partial charge >= 0.3 is 5.97 Å². The Morgan fingerprint density at radius 1 is 1.50 bits per heavy atom. The molecule has 0 saturated carbocycles. The third-order valence-corrected chi connectivity index (χ3v) is 4.18. The molecular formula is C11H12N2O3S2. The number of carbonyl (C=O) groups is 1. The van der Waals surface area contributed by atoms with Crippen LogP contribution in [0.3, 0.4) is 0 Å². The van der Waals surface area contributed by atoms with Gasteiger partial charge in [0, 0.05) is 5.56 Å². The summed E-state index contributed by atoms with van der Waals surface area (Å²) in [7, 11) is 1.34. The molecule has 18 heavy (non-hydrogen) atoms. The molecule has 0 aliphatic heterocycles. The quantitative estimate of drug-likeness (QED) is 0.635. The summed E-state index contributed by atoms with van der Waals surface area (Å²) in [4.78, 5) is 11.4. The van der Waals surface area contributed by atoms with Crippen LogP contribution in [0.15, 0.2) is 14.8 Å². The number of hydrogen-bond donors (Lipinski definition) is 0. The predicted octanol–water partition coefficient (Wildman–Crippen LogP) is 2.83. The summed E-state index contributed by atoms with van der Waals surface area (Å²) >= 11 is 3.07. The van der Waals surface area contributed by atoms with Crippen LogP contribution in [0.4, 0.5) is 0 Å². The summed E-state index contributed by atoms with van der Waals surface area (Å²) in [5.41, 5.74) is 0.783. The Morgan fingerprint density at radius 3 is 2.89 bits per heavy atom. The molecule has 0 amide bonds. The van der Waals surface area contributed by atoms with Gasteiger partial charge in [0.05, 0.1) is 12.9 Å². The highest BCUT2D eigenvalue weighted by molar-refractivity contribution is 8.00. The molecule has 0 N–H and O–H groups in total. The standard InChI is InChI=1S/C11H12N2O3S2/c1-6-4-8(16-9(6)10(14)15-3)5-17-11-13-12-7(2)18-11/h4H,5H2,1-3H3. The van der Waals surface area contributed by atoms with Crippen LogP contribution >= 0.6 is 23.1 Å². The van der Waals surface area contributed by atoms with E-state index in [4.69, 9.17) is 4.42 Å². The number of esters is 1. The highest BCUT2D eigenvalue weighted by Gasteiger charge is 2.16. The van der Waals surface area contributed by atoms with E-state index in [0.29, 0.717) is 5.75 Å². The molecule has 2 heterocycles. The molecule has 0 aliphatic carbocycles. The number of rotatable bonds is 4. The average Bonchev–Trinajstić information content (AvgIpc) is 2.92. The molecule has 96 valence electrons. The molecule has 7 heteroatoms. The Bertz CT molecular complexity index is 562. The molecule has 0 saturated heterocycles. The average molecular weight is 284 g/mol. The minimum Gasteiger partial charge on any atom is -0.463 e. The van der Waals surface area contributed by atoms with Crippen LogP contribution in [0.5, 0.6) is 0 Å². The molecule has 2 aromatic heterocycles. The van der Waals surface area contributed by atoms with Gasteiger partial charge in [0.15, 0.2) is 4.34 Å². The number of ether oxygens (including phenoxy) is 1.